The number of nitrogens with zero attached hydrogens (tertiary/aromatic N) is 14. The summed E-state index contributed by atoms with van der Waals surface area (Å²) in [5.41, 5.74) is 11.0. The van der Waals surface area contributed by atoms with Crippen molar-refractivity contribution in [3.05, 3.63) is 170 Å². The van der Waals surface area contributed by atoms with Crippen LogP contribution in [0.1, 0.15) is 221 Å². The lowest BCUT2D eigenvalue weighted by Gasteiger charge is -2.42. The third-order valence-electron chi connectivity index (χ3n) is 24.5. The SMILES string of the molecule is C=C([C@@H](c1ccc(Br)cc1)[C@@H]1CCC(C)(C)N1)N1CCN(c2ncnc3c2[C@H](C)C[C@@H]3F)CC1.C[C@@H]1C[C@@H](O)c2ncnc(N3CCN(C(=O)[C@@H](c4ccc(C5CC5)cc4)[C@@H]4CCCN4C)CC3)c21.C[C@@H]1C[C@@H](O)c2ncnc(N3CCN(C(=O)[C@@H](c4ccc(Cl)cc4)[C@@H]4CCCN4CC(F)(F)F)CC3)c21. The number of anilines is 3. The number of aromatic nitrogens is 6. The third-order valence-corrected chi connectivity index (χ3v) is 25.2. The number of piperazine rings is 3. The molecule has 2 amide bonds. The second kappa shape index (κ2) is 31.9. The topological polar surface area (TPSA) is 190 Å². The molecule has 0 spiro atoms. The number of nitrogens with one attached hydrogen (secondary N) is 1. The number of fused-ring (bicyclic) bond motifs is 3. The summed E-state index contributed by atoms with van der Waals surface area (Å²) >= 11 is 9.65. The monoisotopic (exact) mass is 1540 g/mol. The summed E-state index contributed by atoms with van der Waals surface area (Å²) in [6.45, 7) is 24.2. The zero-order valence-corrected chi connectivity index (χ0v) is 64.3. The quantitative estimate of drug-likeness (QED) is 0.0822. The molecular formula is C81H103BrClF4N15O4. The Kier molecular flexibility index (Phi) is 22.9. The number of rotatable bonds is 15. The Hall–Kier alpha value is -6.93. The summed E-state index contributed by atoms with van der Waals surface area (Å²) in [7, 11) is 2.17. The molecule has 0 unspecified atom stereocenters. The van der Waals surface area contributed by atoms with Gasteiger partial charge in [0.15, 0.2) is 0 Å². The lowest BCUT2D eigenvalue weighted by molar-refractivity contribution is -0.152. The molecule has 3 aromatic carbocycles. The minimum atomic E-state index is -4.33. The van der Waals surface area contributed by atoms with Crippen molar-refractivity contribution in [2.45, 2.75) is 195 Å². The van der Waals surface area contributed by atoms with E-state index in [4.69, 9.17) is 11.6 Å². The first-order valence-corrected chi connectivity index (χ1v) is 39.7. The van der Waals surface area contributed by atoms with Gasteiger partial charge in [-0.15, -0.1) is 0 Å². The van der Waals surface area contributed by atoms with Gasteiger partial charge in [0.2, 0.25) is 11.8 Å². The lowest BCUT2D eigenvalue weighted by atomic mass is 9.87. The van der Waals surface area contributed by atoms with Gasteiger partial charge in [-0.2, -0.15) is 13.2 Å². The van der Waals surface area contributed by atoms with Gasteiger partial charge in [0.25, 0.3) is 0 Å². The molecule has 12 atom stereocenters. The Bertz CT molecular complexity index is 4080. The smallest absolute Gasteiger partial charge is 0.387 e. The molecule has 106 heavy (non-hydrogen) atoms. The minimum absolute atomic E-state index is 0.110. The van der Waals surface area contributed by atoms with E-state index in [2.05, 4.69) is 170 Å². The first-order valence-electron chi connectivity index (χ1n) is 38.6. The predicted molar refractivity (Wildman–Crippen MR) is 408 cm³/mol. The van der Waals surface area contributed by atoms with E-state index in [1.807, 2.05) is 6.92 Å². The van der Waals surface area contributed by atoms with Crippen LogP contribution in [0, 0.1) is 0 Å². The average molecular weight is 1540 g/mol. The van der Waals surface area contributed by atoms with Gasteiger partial charge >= 0.3 is 6.18 Å². The van der Waals surface area contributed by atoms with E-state index in [1.54, 1.807) is 35.5 Å². The summed E-state index contributed by atoms with van der Waals surface area (Å²) in [5.74, 6) is 3.46. The van der Waals surface area contributed by atoms with Crippen LogP contribution in [0.5, 0.6) is 0 Å². The number of alkyl halides is 4. The van der Waals surface area contributed by atoms with Crippen LogP contribution in [-0.2, 0) is 9.59 Å². The molecule has 6 aromatic rings. The van der Waals surface area contributed by atoms with Gasteiger partial charge in [0.05, 0.1) is 47.7 Å². The molecule has 25 heteroatoms. The highest BCUT2D eigenvalue weighted by Gasteiger charge is 2.46. The molecule has 3 aromatic heterocycles. The van der Waals surface area contributed by atoms with Crippen LogP contribution < -0.4 is 20.0 Å². The number of hydrogen-bond acceptors (Lipinski definition) is 17. The molecule has 0 radical (unpaired) electrons. The van der Waals surface area contributed by atoms with Crippen molar-refractivity contribution in [1.29, 1.82) is 0 Å². The number of likely N-dealkylation sites (tertiary alicyclic amines) is 2. The van der Waals surface area contributed by atoms with E-state index in [0.29, 0.717) is 106 Å². The first-order chi connectivity index (χ1) is 50.9. The zero-order valence-electron chi connectivity index (χ0n) is 62.0. The van der Waals surface area contributed by atoms with Gasteiger partial charge in [0.1, 0.15) is 42.6 Å². The van der Waals surface area contributed by atoms with Crippen molar-refractivity contribution in [3.63, 3.8) is 0 Å². The third kappa shape index (κ3) is 16.4. The van der Waals surface area contributed by atoms with E-state index in [9.17, 15) is 37.4 Å². The van der Waals surface area contributed by atoms with Gasteiger partial charge in [-0.1, -0.05) is 103 Å². The highest BCUT2D eigenvalue weighted by molar-refractivity contribution is 9.10. The number of benzene rings is 3. The summed E-state index contributed by atoms with van der Waals surface area (Å²) in [6, 6.07) is 24.6. The summed E-state index contributed by atoms with van der Waals surface area (Å²) in [5, 5.41) is 25.1. The molecular weight excluding hydrogens is 1440 g/mol. The number of aliphatic hydroxyl groups excluding tert-OH is 2. The molecule has 10 aliphatic rings. The first kappa shape index (κ1) is 75.9. The summed E-state index contributed by atoms with van der Waals surface area (Å²) < 4.78 is 55.5. The molecule has 6 aliphatic heterocycles. The number of likely N-dealkylation sites (N-methyl/N-ethyl adjacent to an activating group) is 1. The number of amides is 2. The van der Waals surface area contributed by atoms with E-state index in [1.165, 1.54) is 53.6 Å². The van der Waals surface area contributed by atoms with Crippen LogP contribution >= 0.6 is 27.5 Å². The molecule has 9 heterocycles. The Morgan fingerprint density at radius 3 is 1.48 bits per heavy atom. The minimum Gasteiger partial charge on any atom is -0.387 e. The number of carbonyl (C=O) groups is 2. The van der Waals surface area contributed by atoms with Gasteiger partial charge in [-0.25, -0.2) is 34.3 Å². The van der Waals surface area contributed by atoms with E-state index < -0.39 is 43.1 Å². The van der Waals surface area contributed by atoms with Crippen LogP contribution in [0.25, 0.3) is 0 Å². The van der Waals surface area contributed by atoms with E-state index in [-0.39, 0.29) is 53.0 Å². The Morgan fingerprint density at radius 2 is 1.01 bits per heavy atom. The largest absolute Gasteiger partial charge is 0.401 e. The fraction of sp³-hybridized carbons (Fsp3) is 0.580. The van der Waals surface area contributed by atoms with Gasteiger partial charge in [-0.05, 0) is 175 Å². The van der Waals surface area contributed by atoms with Crippen LogP contribution in [-0.4, -0.2) is 211 Å². The number of halogens is 6. The summed E-state index contributed by atoms with van der Waals surface area (Å²) in [4.78, 5) is 71.3. The van der Waals surface area contributed by atoms with Gasteiger partial charge < -0.3 is 49.8 Å². The van der Waals surface area contributed by atoms with E-state index in [0.717, 1.165) is 121 Å². The van der Waals surface area contributed by atoms with Crippen molar-refractivity contribution in [3.8, 4) is 0 Å². The molecule has 6 saturated heterocycles. The van der Waals surface area contributed by atoms with E-state index >= 15 is 0 Å². The maximum Gasteiger partial charge on any atom is 0.401 e. The summed E-state index contributed by atoms with van der Waals surface area (Å²) in [6.07, 6.45) is 8.28. The van der Waals surface area contributed by atoms with Crippen molar-refractivity contribution in [1.82, 2.24) is 59.7 Å². The average Bonchev–Trinajstić information content (AvgIpc) is 1.53. The molecule has 568 valence electrons. The van der Waals surface area contributed by atoms with Crippen molar-refractivity contribution in [2.24, 2.45) is 0 Å². The lowest BCUT2D eigenvalue weighted by Crippen LogP contribution is -2.53. The normalized spacial score (nSPS) is 26.7. The highest BCUT2D eigenvalue weighted by Crippen LogP contribution is 2.48. The Balaban J connectivity index is 0.000000134. The Labute approximate surface area is 634 Å². The number of carbonyl (C=O) groups excluding carboxylic acids is 2. The molecule has 16 rings (SSSR count). The molecule has 7 fully saturated rings. The zero-order chi connectivity index (χ0) is 74.5. The molecule has 19 nitrogen and oxygen atoms in total. The standard InChI is InChI=1S/C28H37N5O2.C27H35BrFN5.C26H31ClF3N5O2/c1-18-16-23(34)26-24(18)27(30-17-29-26)32-12-14-33(15-13-32)28(35)25(22-4-3-11-31(22)2)21-9-7-20(8-10-21)19-5-6-19;1-17-15-21(29)25-23(17)26(31-16-30-25)34-13-11-33(12-14-34)18(2)24(19-5-7-20(28)8-6-19)22-9-10-27(3,4)32-22;1-16-13-20(36)23-21(16)24(32-15-31-23)33-9-11-34(12-10-33)25(37)22(17-4-6-18(27)7-5-17)19-3-2-8-35(19)14-26(28,29)30/h7-10,17-19,22-23,25,34H,3-6,11-16H2,1-2H3;5-8,16-17,21-22,24,32H,2,9-15H2,1,3-4H3;4-7,15-16,19-20,22,36H,2-3,8-14H2,1H3/t18-,22+,23-,25+;17-,21+,22+,24+;16-,19+,20-,22+/m111/s1. The second-order valence-electron chi connectivity index (χ2n) is 32.1. The van der Waals surface area contributed by atoms with Crippen LogP contribution in [0.3, 0.4) is 0 Å². The Morgan fingerprint density at radius 1 is 0.575 bits per heavy atom. The fourth-order valence-corrected chi connectivity index (χ4v) is 19.2. The molecule has 1 saturated carbocycles. The van der Waals surface area contributed by atoms with Crippen molar-refractivity contribution in [2.75, 3.05) is 120 Å². The second-order valence-corrected chi connectivity index (χ2v) is 33.5. The maximum absolute atomic E-state index is 14.4. The fourth-order valence-electron chi connectivity index (χ4n) is 18.8. The van der Waals surface area contributed by atoms with Crippen LogP contribution in [0.4, 0.5) is 35.0 Å². The molecule has 3 N–H and O–H groups in total. The van der Waals surface area contributed by atoms with Crippen LogP contribution in [0.2, 0.25) is 5.02 Å². The van der Waals surface area contributed by atoms with Crippen LogP contribution in [0.15, 0.2) is 109 Å². The molecule has 0 bridgehead atoms. The number of hydrogen-bond donors (Lipinski definition) is 3. The number of aliphatic hydroxyl groups is 2. The van der Waals surface area contributed by atoms with Crippen molar-refractivity contribution >= 4 is 56.8 Å². The van der Waals surface area contributed by atoms with Crippen molar-refractivity contribution < 1.29 is 37.4 Å². The highest BCUT2D eigenvalue weighted by atomic mass is 79.9. The van der Waals surface area contributed by atoms with Gasteiger partial charge in [-0.3, -0.25) is 14.5 Å². The maximum atomic E-state index is 14.4. The van der Waals surface area contributed by atoms with Gasteiger partial charge in [0, 0.05) is 140 Å². The molecule has 4 aliphatic carbocycles. The predicted octanol–water partition coefficient (Wildman–Crippen LogP) is 13.3.